The number of nitrogens with one attached hydrogen (secondary N) is 2. The van der Waals surface area contributed by atoms with E-state index in [9.17, 15) is 0 Å². The molecule has 0 aliphatic carbocycles. The van der Waals surface area contributed by atoms with Crippen LogP contribution in [0.2, 0.25) is 0 Å². The maximum absolute atomic E-state index is 4.63. The smallest absolute Gasteiger partial charge is 0.191 e. The van der Waals surface area contributed by atoms with Crippen LogP contribution in [0.1, 0.15) is 32.4 Å². The van der Waals surface area contributed by atoms with Crippen LogP contribution in [0, 0.1) is 20.8 Å². The Labute approximate surface area is 169 Å². The van der Waals surface area contributed by atoms with Gasteiger partial charge in [-0.3, -0.25) is 4.99 Å². The summed E-state index contributed by atoms with van der Waals surface area (Å²) in [6.07, 6.45) is 3.74. The second kappa shape index (κ2) is 11.0. The van der Waals surface area contributed by atoms with Gasteiger partial charge in [-0.25, -0.2) is 9.97 Å². The molecule has 2 N–H and O–H groups in total. The van der Waals surface area contributed by atoms with Crippen molar-refractivity contribution in [2.75, 3.05) is 19.6 Å². The summed E-state index contributed by atoms with van der Waals surface area (Å²) in [5, 5.41) is 8.98. The number of guanidine groups is 1. The van der Waals surface area contributed by atoms with Crippen LogP contribution < -0.4 is 10.6 Å². The van der Waals surface area contributed by atoms with Crippen molar-refractivity contribution < 1.29 is 0 Å². The zero-order valence-corrected chi connectivity index (χ0v) is 18.6. The zero-order chi connectivity index (χ0) is 16.7. The molecule has 2 heterocycles. The molecule has 0 saturated carbocycles. The fourth-order valence-electron chi connectivity index (χ4n) is 2.06. The highest BCUT2D eigenvalue weighted by molar-refractivity contribution is 14.0. The van der Waals surface area contributed by atoms with E-state index in [4.69, 9.17) is 0 Å². The molecule has 0 unspecified atom stereocenters. The van der Waals surface area contributed by atoms with Crippen molar-refractivity contribution in [1.82, 2.24) is 20.6 Å². The summed E-state index contributed by atoms with van der Waals surface area (Å²) in [6.45, 7) is 10.8. The van der Waals surface area contributed by atoms with Crippen molar-refractivity contribution >= 4 is 52.6 Å². The molecule has 0 radical (unpaired) electrons. The highest BCUT2D eigenvalue weighted by Gasteiger charge is 2.04. The first-order valence-corrected chi connectivity index (χ1v) is 9.58. The van der Waals surface area contributed by atoms with Crippen molar-refractivity contribution in [3.63, 3.8) is 0 Å². The predicted molar refractivity (Wildman–Crippen MR) is 115 cm³/mol. The molecule has 0 spiro atoms. The van der Waals surface area contributed by atoms with Gasteiger partial charge in [0.15, 0.2) is 5.96 Å². The fraction of sp³-hybridized carbons (Fsp3) is 0.562. The van der Waals surface area contributed by atoms with E-state index in [0.29, 0.717) is 0 Å². The monoisotopic (exact) mass is 479 g/mol. The van der Waals surface area contributed by atoms with E-state index < -0.39 is 0 Å². The van der Waals surface area contributed by atoms with Crippen LogP contribution in [-0.2, 0) is 12.8 Å². The van der Waals surface area contributed by atoms with Crippen molar-refractivity contribution in [2.45, 2.75) is 40.5 Å². The summed E-state index contributed by atoms with van der Waals surface area (Å²) in [6, 6.07) is 0. The standard InChI is InChI=1S/C16H25N5S2.HI/c1-5-17-16(18-8-6-14-20-10-11(2)22-14)19-9-7-15-21-12(3)13(4)23-15;/h10H,5-9H2,1-4H3,(H2,17,18,19);1H. The molecule has 0 saturated heterocycles. The third-order valence-corrected chi connectivity index (χ3v) is 5.42. The first-order valence-electron chi connectivity index (χ1n) is 7.95. The summed E-state index contributed by atoms with van der Waals surface area (Å²) >= 11 is 3.52. The van der Waals surface area contributed by atoms with Crippen LogP contribution in [-0.4, -0.2) is 35.6 Å². The number of hydrogen-bond donors (Lipinski definition) is 2. The second-order valence-electron chi connectivity index (χ2n) is 5.30. The SMILES string of the molecule is CCNC(=NCCc1nc(C)c(C)s1)NCCc1ncc(C)s1.I. The highest BCUT2D eigenvalue weighted by Crippen LogP contribution is 2.16. The predicted octanol–water partition coefficient (Wildman–Crippen LogP) is 3.48. The van der Waals surface area contributed by atoms with E-state index in [-0.39, 0.29) is 24.0 Å². The lowest BCUT2D eigenvalue weighted by Crippen LogP contribution is -2.38. The van der Waals surface area contributed by atoms with Crippen LogP contribution in [0.5, 0.6) is 0 Å². The Balaban J connectivity index is 0.00000288. The van der Waals surface area contributed by atoms with Crippen molar-refractivity contribution in [1.29, 1.82) is 0 Å². The second-order valence-corrected chi connectivity index (χ2v) is 7.91. The molecule has 0 aliphatic rings. The molecule has 2 aromatic rings. The first-order chi connectivity index (χ1) is 11.1. The molecule has 2 aromatic heterocycles. The lowest BCUT2D eigenvalue weighted by Gasteiger charge is -2.10. The molecule has 24 heavy (non-hydrogen) atoms. The topological polar surface area (TPSA) is 62.2 Å². The number of thiazole rings is 2. The molecule has 5 nitrogen and oxygen atoms in total. The van der Waals surface area contributed by atoms with Crippen LogP contribution in [0.15, 0.2) is 11.2 Å². The zero-order valence-electron chi connectivity index (χ0n) is 14.7. The van der Waals surface area contributed by atoms with Gasteiger partial charge in [0.25, 0.3) is 0 Å². The quantitative estimate of drug-likeness (QED) is 0.363. The fourth-order valence-corrected chi connectivity index (χ4v) is 3.77. The Bertz CT molecular complexity index is 631. The first kappa shape index (κ1) is 21.3. The minimum absolute atomic E-state index is 0. The summed E-state index contributed by atoms with van der Waals surface area (Å²) in [5.74, 6) is 0.866. The third kappa shape index (κ3) is 7.02. The normalized spacial score (nSPS) is 11.2. The van der Waals surface area contributed by atoms with Gasteiger partial charge in [0.2, 0.25) is 0 Å². The maximum Gasteiger partial charge on any atom is 0.191 e. The lowest BCUT2D eigenvalue weighted by molar-refractivity contribution is 0.793. The molecule has 0 atom stereocenters. The van der Waals surface area contributed by atoms with Gasteiger partial charge in [-0.1, -0.05) is 0 Å². The highest BCUT2D eigenvalue weighted by atomic mass is 127. The number of halogens is 1. The number of hydrogen-bond acceptors (Lipinski definition) is 5. The van der Waals surface area contributed by atoms with Gasteiger partial charge < -0.3 is 10.6 Å². The molecule has 134 valence electrons. The number of nitrogens with zero attached hydrogens (tertiary/aromatic N) is 3. The molecule has 0 aliphatic heterocycles. The number of aryl methyl sites for hydroxylation is 3. The van der Waals surface area contributed by atoms with E-state index in [1.54, 1.807) is 22.7 Å². The molecule has 0 bridgehead atoms. The van der Waals surface area contributed by atoms with Gasteiger partial charge in [0.1, 0.15) is 0 Å². The average Bonchev–Trinajstić information content (AvgIpc) is 3.05. The van der Waals surface area contributed by atoms with Crippen molar-refractivity contribution in [2.24, 2.45) is 4.99 Å². The number of aromatic nitrogens is 2. The summed E-state index contributed by atoms with van der Waals surface area (Å²) in [5.41, 5.74) is 1.14. The largest absolute Gasteiger partial charge is 0.357 e. The van der Waals surface area contributed by atoms with E-state index in [0.717, 1.165) is 49.1 Å². The molecule has 0 fully saturated rings. The molecular weight excluding hydrogens is 453 g/mol. The summed E-state index contributed by atoms with van der Waals surface area (Å²) < 4.78 is 0. The Morgan fingerprint density at radius 1 is 1.12 bits per heavy atom. The van der Waals surface area contributed by atoms with E-state index in [2.05, 4.69) is 53.3 Å². The van der Waals surface area contributed by atoms with E-state index in [1.807, 2.05) is 6.20 Å². The summed E-state index contributed by atoms with van der Waals surface area (Å²) in [4.78, 5) is 16.1. The molecule has 8 heteroatoms. The Morgan fingerprint density at radius 2 is 1.92 bits per heavy atom. The Morgan fingerprint density at radius 3 is 2.50 bits per heavy atom. The van der Waals surface area contributed by atoms with Crippen molar-refractivity contribution in [3.05, 3.63) is 31.7 Å². The van der Waals surface area contributed by atoms with Gasteiger partial charge in [-0.05, 0) is 27.7 Å². The average molecular weight is 479 g/mol. The Kier molecular flexibility index (Phi) is 9.75. The van der Waals surface area contributed by atoms with Gasteiger partial charge in [-0.15, -0.1) is 46.7 Å². The molecule has 0 aromatic carbocycles. The molecule has 0 amide bonds. The number of aliphatic imine (C=N–C) groups is 1. The van der Waals surface area contributed by atoms with Gasteiger partial charge in [0, 0.05) is 48.4 Å². The van der Waals surface area contributed by atoms with Gasteiger partial charge >= 0.3 is 0 Å². The van der Waals surface area contributed by atoms with Crippen LogP contribution in [0.3, 0.4) is 0 Å². The summed E-state index contributed by atoms with van der Waals surface area (Å²) in [7, 11) is 0. The third-order valence-electron chi connectivity index (χ3n) is 3.31. The van der Waals surface area contributed by atoms with Crippen LogP contribution >= 0.6 is 46.7 Å². The molecule has 2 rings (SSSR count). The van der Waals surface area contributed by atoms with Crippen molar-refractivity contribution in [3.8, 4) is 0 Å². The number of rotatable bonds is 7. The van der Waals surface area contributed by atoms with Gasteiger partial charge in [-0.2, -0.15) is 0 Å². The molecular formula is C16H26IN5S2. The Hall–Kier alpha value is -0.740. The maximum atomic E-state index is 4.63. The van der Waals surface area contributed by atoms with E-state index >= 15 is 0 Å². The van der Waals surface area contributed by atoms with Gasteiger partial charge in [0.05, 0.1) is 15.7 Å². The van der Waals surface area contributed by atoms with E-state index in [1.165, 1.54) is 14.8 Å². The minimum atomic E-state index is 0. The van der Waals surface area contributed by atoms with Crippen LogP contribution in [0.25, 0.3) is 0 Å². The minimum Gasteiger partial charge on any atom is -0.357 e. The lowest BCUT2D eigenvalue weighted by atomic mass is 10.4. The van der Waals surface area contributed by atoms with Crippen LogP contribution in [0.4, 0.5) is 0 Å².